The summed E-state index contributed by atoms with van der Waals surface area (Å²) in [5, 5.41) is 7.89. The number of anilines is 2. The van der Waals surface area contributed by atoms with E-state index in [4.69, 9.17) is 9.47 Å². The van der Waals surface area contributed by atoms with Crippen molar-refractivity contribution in [2.24, 2.45) is 0 Å². The van der Waals surface area contributed by atoms with Gasteiger partial charge in [-0.2, -0.15) is 0 Å². The van der Waals surface area contributed by atoms with E-state index < -0.39 is 24.5 Å². The number of para-hydroxylation sites is 1. The van der Waals surface area contributed by atoms with Crippen LogP contribution in [0.1, 0.15) is 52.0 Å². The molecule has 1 saturated carbocycles. The molecule has 3 rings (SSSR count). The van der Waals surface area contributed by atoms with Crippen molar-refractivity contribution >= 4 is 39.9 Å². The van der Waals surface area contributed by atoms with Crippen LogP contribution in [-0.4, -0.2) is 38.1 Å². The summed E-state index contributed by atoms with van der Waals surface area (Å²) in [5.74, 6) is -1.21. The SMILES string of the molecule is CCOC(=O)c1c(C2CC2)csc1NC(=O)COC(=O)c1ccccc1NC. The quantitative estimate of drug-likeness (QED) is 0.655. The van der Waals surface area contributed by atoms with E-state index in [1.165, 1.54) is 11.3 Å². The van der Waals surface area contributed by atoms with Gasteiger partial charge in [0.15, 0.2) is 6.61 Å². The van der Waals surface area contributed by atoms with E-state index in [1.807, 2.05) is 5.38 Å². The van der Waals surface area contributed by atoms with Crippen LogP contribution in [0.2, 0.25) is 0 Å². The number of nitrogens with one attached hydrogen (secondary N) is 2. The highest BCUT2D eigenvalue weighted by Gasteiger charge is 2.32. The van der Waals surface area contributed by atoms with Crippen molar-refractivity contribution in [3.8, 4) is 0 Å². The van der Waals surface area contributed by atoms with Crippen LogP contribution < -0.4 is 10.6 Å². The number of rotatable bonds is 8. The smallest absolute Gasteiger partial charge is 0.341 e. The van der Waals surface area contributed by atoms with Gasteiger partial charge in [-0.25, -0.2) is 9.59 Å². The zero-order valence-corrected chi connectivity index (χ0v) is 16.6. The lowest BCUT2D eigenvalue weighted by atomic mass is 10.1. The Morgan fingerprint density at radius 3 is 2.57 bits per heavy atom. The monoisotopic (exact) mass is 402 g/mol. The maximum atomic E-state index is 12.3. The molecular weight excluding hydrogens is 380 g/mol. The van der Waals surface area contributed by atoms with E-state index in [1.54, 1.807) is 38.2 Å². The fourth-order valence-corrected chi connectivity index (χ4v) is 3.87. The van der Waals surface area contributed by atoms with Crippen molar-refractivity contribution in [2.45, 2.75) is 25.7 Å². The first-order valence-corrected chi connectivity index (χ1v) is 9.95. The van der Waals surface area contributed by atoms with Gasteiger partial charge < -0.3 is 20.1 Å². The molecule has 2 N–H and O–H groups in total. The lowest BCUT2D eigenvalue weighted by Gasteiger charge is -2.10. The van der Waals surface area contributed by atoms with Crippen molar-refractivity contribution in [3.63, 3.8) is 0 Å². The Morgan fingerprint density at radius 1 is 1.14 bits per heavy atom. The first-order valence-electron chi connectivity index (χ1n) is 9.07. The van der Waals surface area contributed by atoms with Gasteiger partial charge in [-0.15, -0.1) is 11.3 Å². The average Bonchev–Trinajstić information content (AvgIpc) is 3.46. The molecule has 7 nitrogen and oxygen atoms in total. The van der Waals surface area contributed by atoms with E-state index >= 15 is 0 Å². The molecule has 1 fully saturated rings. The highest BCUT2D eigenvalue weighted by Crippen LogP contribution is 2.46. The second kappa shape index (κ2) is 8.88. The summed E-state index contributed by atoms with van der Waals surface area (Å²) in [7, 11) is 1.70. The van der Waals surface area contributed by atoms with E-state index in [0.29, 0.717) is 27.7 Å². The lowest BCUT2D eigenvalue weighted by molar-refractivity contribution is -0.119. The number of hydrogen-bond donors (Lipinski definition) is 2. The predicted octanol–water partition coefficient (Wildman–Crippen LogP) is 3.64. The Hall–Kier alpha value is -2.87. The molecule has 8 heteroatoms. The van der Waals surface area contributed by atoms with Crippen LogP contribution in [0, 0.1) is 0 Å². The number of carbonyl (C=O) groups excluding carboxylic acids is 3. The Kier molecular flexibility index (Phi) is 6.30. The lowest BCUT2D eigenvalue weighted by Crippen LogP contribution is -2.22. The van der Waals surface area contributed by atoms with Crippen molar-refractivity contribution in [1.82, 2.24) is 0 Å². The zero-order valence-electron chi connectivity index (χ0n) is 15.7. The van der Waals surface area contributed by atoms with Crippen molar-refractivity contribution in [1.29, 1.82) is 0 Å². The van der Waals surface area contributed by atoms with Crippen LogP contribution in [0.15, 0.2) is 29.6 Å². The van der Waals surface area contributed by atoms with E-state index in [9.17, 15) is 14.4 Å². The van der Waals surface area contributed by atoms with Gasteiger partial charge in [0.05, 0.1) is 17.7 Å². The number of esters is 2. The number of carbonyl (C=O) groups is 3. The van der Waals surface area contributed by atoms with Crippen LogP contribution in [0.5, 0.6) is 0 Å². The molecule has 1 aromatic carbocycles. The summed E-state index contributed by atoms with van der Waals surface area (Å²) < 4.78 is 10.2. The molecule has 0 atom stereocenters. The molecule has 1 aliphatic carbocycles. The van der Waals surface area contributed by atoms with Gasteiger partial charge >= 0.3 is 11.9 Å². The van der Waals surface area contributed by atoms with Gasteiger partial charge in [0.1, 0.15) is 5.00 Å². The maximum absolute atomic E-state index is 12.3. The molecule has 2 aromatic rings. The van der Waals surface area contributed by atoms with Crippen molar-refractivity contribution in [2.75, 3.05) is 30.9 Å². The highest BCUT2D eigenvalue weighted by atomic mass is 32.1. The summed E-state index contributed by atoms with van der Waals surface area (Å²) in [4.78, 5) is 36.8. The standard InChI is InChI=1S/C20H22N2O5S/c1-3-26-20(25)17-14(12-8-9-12)11-28-18(17)22-16(23)10-27-19(24)13-6-4-5-7-15(13)21-2/h4-7,11-12,21H,3,8-10H2,1-2H3,(H,22,23). The Bertz CT molecular complexity index is 888. The van der Waals surface area contributed by atoms with Crippen LogP contribution in [-0.2, 0) is 14.3 Å². The normalized spacial score (nSPS) is 12.9. The van der Waals surface area contributed by atoms with Gasteiger partial charge in [0.2, 0.25) is 0 Å². The van der Waals surface area contributed by atoms with Gasteiger partial charge in [-0.1, -0.05) is 12.1 Å². The van der Waals surface area contributed by atoms with Crippen molar-refractivity contribution in [3.05, 3.63) is 46.3 Å². The minimum absolute atomic E-state index is 0.259. The van der Waals surface area contributed by atoms with Crippen LogP contribution in [0.3, 0.4) is 0 Å². The maximum Gasteiger partial charge on any atom is 0.341 e. The van der Waals surface area contributed by atoms with E-state index in [-0.39, 0.29) is 6.61 Å². The molecule has 0 radical (unpaired) electrons. The fourth-order valence-electron chi connectivity index (χ4n) is 2.82. The average molecular weight is 402 g/mol. The second-order valence-electron chi connectivity index (χ2n) is 6.31. The van der Waals surface area contributed by atoms with Crippen LogP contribution >= 0.6 is 11.3 Å². The number of amides is 1. The summed E-state index contributed by atoms with van der Waals surface area (Å²) >= 11 is 1.28. The first kappa shape index (κ1) is 19.9. The van der Waals surface area contributed by atoms with E-state index in [2.05, 4.69) is 10.6 Å². The van der Waals surface area contributed by atoms with E-state index in [0.717, 1.165) is 18.4 Å². The summed E-state index contributed by atoms with van der Waals surface area (Å²) in [6, 6.07) is 6.87. The van der Waals surface area contributed by atoms with Gasteiger partial charge in [-0.05, 0) is 48.8 Å². The molecule has 1 amide bonds. The number of hydrogen-bond acceptors (Lipinski definition) is 7. The third-order valence-electron chi connectivity index (χ3n) is 4.32. The minimum atomic E-state index is -0.601. The van der Waals surface area contributed by atoms with Crippen molar-refractivity contribution < 1.29 is 23.9 Å². The number of benzene rings is 1. The fraction of sp³-hybridized carbons (Fsp3) is 0.350. The Labute approximate surface area is 167 Å². The summed E-state index contributed by atoms with van der Waals surface area (Å²) in [6.07, 6.45) is 2.05. The molecule has 0 bridgehead atoms. The Balaban J connectivity index is 1.65. The third kappa shape index (κ3) is 4.51. The van der Waals surface area contributed by atoms with Gasteiger partial charge in [-0.3, -0.25) is 4.79 Å². The zero-order chi connectivity index (χ0) is 20.1. The summed E-state index contributed by atoms with van der Waals surface area (Å²) in [6.45, 7) is 1.55. The molecule has 1 heterocycles. The Morgan fingerprint density at radius 2 is 1.89 bits per heavy atom. The second-order valence-corrected chi connectivity index (χ2v) is 7.19. The molecule has 0 unspecified atom stereocenters. The van der Waals surface area contributed by atoms with Crippen LogP contribution in [0.25, 0.3) is 0 Å². The molecule has 1 aromatic heterocycles. The molecule has 0 aliphatic heterocycles. The molecule has 0 saturated heterocycles. The molecule has 148 valence electrons. The highest BCUT2D eigenvalue weighted by molar-refractivity contribution is 7.15. The van der Waals surface area contributed by atoms with Gasteiger partial charge in [0, 0.05) is 12.7 Å². The predicted molar refractivity (Wildman–Crippen MR) is 107 cm³/mol. The third-order valence-corrected chi connectivity index (χ3v) is 5.23. The molecule has 0 spiro atoms. The number of ether oxygens (including phenoxy) is 2. The van der Waals surface area contributed by atoms with Crippen LogP contribution in [0.4, 0.5) is 10.7 Å². The molecule has 1 aliphatic rings. The minimum Gasteiger partial charge on any atom is -0.462 e. The topological polar surface area (TPSA) is 93.7 Å². The molecule has 28 heavy (non-hydrogen) atoms. The summed E-state index contributed by atoms with van der Waals surface area (Å²) in [5.41, 5.74) is 2.29. The number of thiophene rings is 1. The van der Waals surface area contributed by atoms with Gasteiger partial charge in [0.25, 0.3) is 5.91 Å². The first-order chi connectivity index (χ1) is 13.5. The molecular formula is C20H22N2O5S. The largest absolute Gasteiger partial charge is 0.462 e.